The average molecular weight is 356 g/mol. The number of carboxylic acid groups (broad SMARTS) is 2. The molecule has 1 rings (SSSR count). The van der Waals surface area contributed by atoms with Crippen LogP contribution in [0.5, 0.6) is 0 Å². The third-order valence-corrected chi connectivity index (χ3v) is 2.76. The molecule has 24 heavy (non-hydrogen) atoms. The molecule has 0 radical (unpaired) electrons. The zero-order valence-corrected chi connectivity index (χ0v) is 14.8. The molecule has 1 aromatic rings. The van der Waals surface area contributed by atoms with Gasteiger partial charge in [-0.1, -0.05) is 23.7 Å². The van der Waals surface area contributed by atoms with Gasteiger partial charge in [-0.15, -0.1) is 0 Å². The van der Waals surface area contributed by atoms with E-state index in [4.69, 9.17) is 21.8 Å². The highest BCUT2D eigenvalue weighted by Gasteiger charge is 2.20. The van der Waals surface area contributed by atoms with Gasteiger partial charge >= 0.3 is 11.9 Å². The number of Topliss-reactive ketones (excluding diaryl/α,β-unsaturated/α-hetero) is 1. The predicted molar refractivity (Wildman–Crippen MR) is 92.5 cm³/mol. The van der Waals surface area contributed by atoms with Crippen LogP contribution < -0.4 is 5.32 Å². The van der Waals surface area contributed by atoms with Crippen LogP contribution >= 0.6 is 11.6 Å². The molecular formula is C17H22ClNO5. The molecule has 0 heterocycles. The van der Waals surface area contributed by atoms with Gasteiger partial charge in [-0.3, -0.25) is 4.79 Å². The van der Waals surface area contributed by atoms with E-state index in [1.54, 1.807) is 24.3 Å². The minimum atomic E-state index is -1.26. The first kappa shape index (κ1) is 21.8. The summed E-state index contributed by atoms with van der Waals surface area (Å²) in [7, 11) is 0. The van der Waals surface area contributed by atoms with Crippen LogP contribution in [0.4, 0.5) is 0 Å². The molecule has 0 bridgehead atoms. The zero-order valence-electron chi connectivity index (χ0n) is 14.0. The van der Waals surface area contributed by atoms with E-state index in [1.165, 1.54) is 0 Å². The molecule has 3 N–H and O–H groups in total. The fourth-order valence-electron chi connectivity index (χ4n) is 1.75. The van der Waals surface area contributed by atoms with E-state index in [0.29, 0.717) is 22.7 Å². The van der Waals surface area contributed by atoms with Crippen molar-refractivity contribution in [3.05, 3.63) is 47.0 Å². The summed E-state index contributed by atoms with van der Waals surface area (Å²) in [5.41, 5.74) is 0.574. The number of nitrogens with one attached hydrogen (secondary N) is 1. The van der Waals surface area contributed by atoms with E-state index in [2.05, 4.69) is 5.32 Å². The summed E-state index contributed by atoms with van der Waals surface area (Å²) in [4.78, 5) is 31.2. The van der Waals surface area contributed by atoms with Crippen molar-refractivity contribution < 1.29 is 24.6 Å². The Labute approximate surface area is 146 Å². The van der Waals surface area contributed by atoms with E-state index in [9.17, 15) is 14.4 Å². The normalized spacial score (nSPS) is 12.2. The number of carbonyl (C=O) groups excluding carboxylic acids is 1. The first-order chi connectivity index (χ1) is 10.9. The van der Waals surface area contributed by atoms with Crippen LogP contribution in [0.2, 0.25) is 5.02 Å². The van der Waals surface area contributed by atoms with Crippen molar-refractivity contribution in [1.82, 2.24) is 5.32 Å². The highest BCUT2D eigenvalue weighted by molar-refractivity contribution is 6.31. The number of aliphatic carboxylic acids is 2. The van der Waals surface area contributed by atoms with Gasteiger partial charge < -0.3 is 15.5 Å². The minimum absolute atomic E-state index is 0.0671. The summed E-state index contributed by atoms with van der Waals surface area (Å²) < 4.78 is 0. The van der Waals surface area contributed by atoms with Crippen LogP contribution in [-0.4, -0.2) is 39.5 Å². The Kier molecular flexibility index (Phi) is 8.95. The lowest BCUT2D eigenvalue weighted by molar-refractivity contribution is -0.134. The molecule has 7 heteroatoms. The van der Waals surface area contributed by atoms with Crippen LogP contribution in [0.15, 0.2) is 36.4 Å². The number of carbonyl (C=O) groups is 3. The van der Waals surface area contributed by atoms with Crippen LogP contribution in [-0.2, 0) is 9.59 Å². The standard InChI is InChI=1S/C13H18ClNO.C4H4O4/c1-9(15-13(2,3)4)12(16)10-6-5-7-11(14)8-10;5-3(6)1-2-4(7)8/h5-9,15H,1-4H3;1-2H,(H,5,6)(H,7,8)/b;2-1+. The van der Waals surface area contributed by atoms with Crippen molar-refractivity contribution >= 4 is 29.3 Å². The number of hydrogen-bond acceptors (Lipinski definition) is 4. The van der Waals surface area contributed by atoms with E-state index < -0.39 is 11.9 Å². The molecule has 0 amide bonds. The Bertz CT molecular complexity index is 604. The molecule has 6 nitrogen and oxygen atoms in total. The minimum Gasteiger partial charge on any atom is -0.478 e. The fraction of sp³-hybridized carbons (Fsp3) is 0.353. The fourth-order valence-corrected chi connectivity index (χ4v) is 1.94. The summed E-state index contributed by atoms with van der Waals surface area (Å²) in [6.07, 6.45) is 1.12. The average Bonchev–Trinajstić information content (AvgIpc) is 2.43. The van der Waals surface area contributed by atoms with Gasteiger partial charge in [-0.25, -0.2) is 9.59 Å². The number of carboxylic acids is 2. The summed E-state index contributed by atoms with van der Waals surface area (Å²) in [5, 5.41) is 19.5. The van der Waals surface area contributed by atoms with Crippen LogP contribution in [0.25, 0.3) is 0 Å². The van der Waals surface area contributed by atoms with Crippen LogP contribution in [0, 0.1) is 0 Å². The van der Waals surface area contributed by atoms with Crippen molar-refractivity contribution in [2.24, 2.45) is 0 Å². The summed E-state index contributed by atoms with van der Waals surface area (Å²) >= 11 is 5.85. The lowest BCUT2D eigenvalue weighted by Gasteiger charge is -2.25. The van der Waals surface area contributed by atoms with Crippen molar-refractivity contribution in [3.63, 3.8) is 0 Å². The molecule has 0 aromatic heterocycles. The van der Waals surface area contributed by atoms with Gasteiger partial charge in [0.2, 0.25) is 0 Å². The highest BCUT2D eigenvalue weighted by Crippen LogP contribution is 2.13. The maximum absolute atomic E-state index is 12.1. The second kappa shape index (κ2) is 9.85. The smallest absolute Gasteiger partial charge is 0.328 e. The first-order valence-electron chi connectivity index (χ1n) is 7.14. The summed E-state index contributed by atoms with van der Waals surface area (Å²) in [6.45, 7) is 7.98. The Morgan fingerprint density at radius 1 is 1.12 bits per heavy atom. The van der Waals surface area contributed by atoms with Crippen LogP contribution in [0.3, 0.4) is 0 Å². The molecule has 0 aliphatic rings. The van der Waals surface area contributed by atoms with Gasteiger partial charge in [0.1, 0.15) is 0 Å². The molecule has 0 fully saturated rings. The maximum atomic E-state index is 12.1. The monoisotopic (exact) mass is 355 g/mol. The topological polar surface area (TPSA) is 104 Å². The number of halogens is 1. The molecule has 1 unspecified atom stereocenters. The molecule has 0 aliphatic carbocycles. The van der Waals surface area contributed by atoms with E-state index in [0.717, 1.165) is 0 Å². The van der Waals surface area contributed by atoms with Crippen LogP contribution in [0.1, 0.15) is 38.1 Å². The lowest BCUT2D eigenvalue weighted by atomic mass is 10.0. The number of ketones is 1. The van der Waals surface area contributed by atoms with Crippen molar-refractivity contribution in [2.45, 2.75) is 39.3 Å². The maximum Gasteiger partial charge on any atom is 0.328 e. The Morgan fingerprint density at radius 2 is 1.62 bits per heavy atom. The van der Waals surface area contributed by atoms with Gasteiger partial charge in [0, 0.05) is 28.3 Å². The third kappa shape index (κ3) is 10.5. The molecule has 0 saturated carbocycles. The van der Waals surface area contributed by atoms with Crippen molar-refractivity contribution in [1.29, 1.82) is 0 Å². The first-order valence-corrected chi connectivity index (χ1v) is 7.51. The number of benzene rings is 1. The van der Waals surface area contributed by atoms with Crippen molar-refractivity contribution in [3.8, 4) is 0 Å². The summed E-state index contributed by atoms with van der Waals surface area (Å²) in [6, 6.07) is 6.83. The third-order valence-electron chi connectivity index (χ3n) is 2.52. The summed E-state index contributed by atoms with van der Waals surface area (Å²) in [5.74, 6) is -2.45. The Hall–Kier alpha value is -2.18. The lowest BCUT2D eigenvalue weighted by Crippen LogP contribution is -2.46. The van der Waals surface area contributed by atoms with Gasteiger partial charge in [-0.2, -0.15) is 0 Å². The van der Waals surface area contributed by atoms with E-state index >= 15 is 0 Å². The molecule has 0 spiro atoms. The SMILES string of the molecule is CC(NC(C)(C)C)C(=O)c1cccc(Cl)c1.O=C(O)/C=C/C(=O)O. The quantitative estimate of drug-likeness (QED) is 0.554. The van der Waals surface area contributed by atoms with Gasteiger partial charge in [-0.05, 0) is 39.8 Å². The van der Waals surface area contributed by atoms with Gasteiger partial charge in [0.05, 0.1) is 6.04 Å². The molecule has 0 saturated heterocycles. The number of rotatable bonds is 5. The highest BCUT2D eigenvalue weighted by atomic mass is 35.5. The van der Waals surface area contributed by atoms with E-state index in [1.807, 2.05) is 27.7 Å². The van der Waals surface area contributed by atoms with Crippen molar-refractivity contribution in [2.75, 3.05) is 0 Å². The second-order valence-corrected chi connectivity index (χ2v) is 6.44. The predicted octanol–water partition coefficient (Wildman–Crippen LogP) is 3.01. The molecular weight excluding hydrogens is 334 g/mol. The number of hydrogen-bond donors (Lipinski definition) is 3. The molecule has 1 aromatic carbocycles. The molecule has 132 valence electrons. The Balaban J connectivity index is 0.000000561. The molecule has 0 aliphatic heterocycles. The Morgan fingerprint density at radius 3 is 2.00 bits per heavy atom. The van der Waals surface area contributed by atoms with Gasteiger partial charge in [0.25, 0.3) is 0 Å². The second-order valence-electron chi connectivity index (χ2n) is 6.00. The van der Waals surface area contributed by atoms with Gasteiger partial charge in [0.15, 0.2) is 5.78 Å². The zero-order chi connectivity index (χ0) is 18.9. The molecule has 1 atom stereocenters. The van der Waals surface area contributed by atoms with E-state index in [-0.39, 0.29) is 17.4 Å². The largest absolute Gasteiger partial charge is 0.478 e.